The SMILES string of the molecule is CC(C)[C@H](NC(=O)N1CCC[C@H](CO)C1)c1ccc(Cl)cc1F. The highest BCUT2D eigenvalue weighted by molar-refractivity contribution is 6.30. The number of aliphatic hydroxyl groups is 1. The van der Waals surface area contributed by atoms with Crippen LogP contribution in [-0.2, 0) is 0 Å². The van der Waals surface area contributed by atoms with Crippen molar-refractivity contribution in [2.45, 2.75) is 32.7 Å². The van der Waals surface area contributed by atoms with Gasteiger partial charge in [-0.2, -0.15) is 0 Å². The highest BCUT2D eigenvalue weighted by atomic mass is 35.5. The Balaban J connectivity index is 2.11. The molecule has 1 aliphatic rings. The number of carbonyl (C=O) groups is 1. The Hall–Kier alpha value is -1.33. The first-order valence-electron chi connectivity index (χ1n) is 8.03. The monoisotopic (exact) mass is 342 g/mol. The summed E-state index contributed by atoms with van der Waals surface area (Å²) in [5.74, 6) is -0.254. The van der Waals surface area contributed by atoms with Gasteiger partial charge >= 0.3 is 6.03 Å². The number of likely N-dealkylation sites (tertiary alicyclic amines) is 1. The van der Waals surface area contributed by atoms with Gasteiger partial charge in [-0.05, 0) is 36.8 Å². The number of aliphatic hydroxyl groups excluding tert-OH is 1. The standard InChI is InChI=1S/C17H24ClFN2O2/c1-11(2)16(14-6-5-13(18)8-15(14)19)20-17(23)21-7-3-4-12(9-21)10-22/h5-6,8,11-12,16,22H,3-4,7,9-10H2,1-2H3,(H,20,23)/t12-,16-/m0/s1. The number of halogens is 2. The van der Waals surface area contributed by atoms with E-state index in [1.54, 1.807) is 17.0 Å². The fourth-order valence-corrected chi connectivity index (χ4v) is 3.14. The zero-order valence-corrected chi connectivity index (χ0v) is 14.3. The molecule has 0 spiro atoms. The summed E-state index contributed by atoms with van der Waals surface area (Å²) in [5.41, 5.74) is 0.438. The number of hydrogen-bond acceptors (Lipinski definition) is 2. The van der Waals surface area contributed by atoms with E-state index in [1.165, 1.54) is 6.07 Å². The van der Waals surface area contributed by atoms with Gasteiger partial charge in [-0.25, -0.2) is 9.18 Å². The zero-order valence-electron chi connectivity index (χ0n) is 13.6. The summed E-state index contributed by atoms with van der Waals surface area (Å²) in [6, 6.07) is 3.88. The van der Waals surface area contributed by atoms with Gasteiger partial charge in [0, 0.05) is 30.3 Å². The molecule has 1 fully saturated rings. The van der Waals surface area contributed by atoms with Crippen LogP contribution in [0.3, 0.4) is 0 Å². The van der Waals surface area contributed by atoms with Crippen molar-refractivity contribution < 1.29 is 14.3 Å². The molecule has 0 unspecified atom stereocenters. The second-order valence-corrected chi connectivity index (χ2v) is 6.91. The van der Waals surface area contributed by atoms with Crippen LogP contribution < -0.4 is 5.32 Å². The summed E-state index contributed by atoms with van der Waals surface area (Å²) in [6.07, 6.45) is 1.81. The molecule has 1 aromatic carbocycles. The Kier molecular flexibility index (Phi) is 6.25. The van der Waals surface area contributed by atoms with Gasteiger partial charge in [0.05, 0.1) is 6.04 Å². The number of piperidine rings is 1. The number of nitrogens with zero attached hydrogens (tertiary/aromatic N) is 1. The first-order valence-corrected chi connectivity index (χ1v) is 8.41. The molecule has 4 nitrogen and oxygen atoms in total. The quantitative estimate of drug-likeness (QED) is 0.878. The Labute approximate surface area is 141 Å². The fourth-order valence-electron chi connectivity index (χ4n) is 2.98. The molecule has 2 rings (SSSR count). The van der Waals surface area contributed by atoms with Gasteiger partial charge in [0.2, 0.25) is 0 Å². The van der Waals surface area contributed by atoms with E-state index in [0.717, 1.165) is 12.8 Å². The van der Waals surface area contributed by atoms with Crippen LogP contribution in [0, 0.1) is 17.7 Å². The molecule has 0 aliphatic carbocycles. The molecule has 128 valence electrons. The number of carbonyl (C=O) groups excluding carboxylic acids is 1. The molecule has 0 saturated carbocycles. The highest BCUT2D eigenvalue weighted by Gasteiger charge is 2.27. The van der Waals surface area contributed by atoms with E-state index >= 15 is 0 Å². The summed E-state index contributed by atoms with van der Waals surface area (Å²) in [4.78, 5) is 14.2. The van der Waals surface area contributed by atoms with E-state index in [9.17, 15) is 14.3 Å². The lowest BCUT2D eigenvalue weighted by Gasteiger charge is -2.34. The Morgan fingerprint density at radius 2 is 2.26 bits per heavy atom. The third-order valence-electron chi connectivity index (χ3n) is 4.31. The Morgan fingerprint density at radius 1 is 1.52 bits per heavy atom. The third kappa shape index (κ3) is 4.58. The van der Waals surface area contributed by atoms with Crippen molar-refractivity contribution in [1.29, 1.82) is 0 Å². The summed E-state index contributed by atoms with van der Waals surface area (Å²) >= 11 is 5.80. The van der Waals surface area contributed by atoms with E-state index in [1.807, 2.05) is 13.8 Å². The predicted octanol–water partition coefficient (Wildman–Crippen LogP) is 3.59. The lowest BCUT2D eigenvalue weighted by atomic mass is 9.95. The normalized spacial score (nSPS) is 19.7. The summed E-state index contributed by atoms with van der Waals surface area (Å²) < 4.78 is 14.2. The second-order valence-electron chi connectivity index (χ2n) is 6.47. The van der Waals surface area contributed by atoms with Crippen molar-refractivity contribution in [2.75, 3.05) is 19.7 Å². The molecular weight excluding hydrogens is 319 g/mol. The topological polar surface area (TPSA) is 52.6 Å². The maximum absolute atomic E-state index is 14.2. The molecular formula is C17H24ClFN2O2. The second kappa shape index (κ2) is 7.97. The van der Waals surface area contributed by atoms with E-state index in [4.69, 9.17) is 11.6 Å². The molecule has 2 N–H and O–H groups in total. The molecule has 6 heteroatoms. The van der Waals surface area contributed by atoms with Gasteiger partial charge in [0.25, 0.3) is 0 Å². The van der Waals surface area contributed by atoms with E-state index < -0.39 is 11.9 Å². The van der Waals surface area contributed by atoms with Crippen LogP contribution in [0.25, 0.3) is 0 Å². The molecule has 0 radical (unpaired) electrons. The van der Waals surface area contributed by atoms with Crippen molar-refractivity contribution >= 4 is 17.6 Å². The van der Waals surface area contributed by atoms with Crippen molar-refractivity contribution in [1.82, 2.24) is 10.2 Å². The van der Waals surface area contributed by atoms with Crippen LogP contribution in [0.1, 0.15) is 38.3 Å². The molecule has 0 bridgehead atoms. The molecule has 2 amide bonds. The molecule has 1 aromatic rings. The third-order valence-corrected chi connectivity index (χ3v) is 4.54. The van der Waals surface area contributed by atoms with Crippen LogP contribution in [0.2, 0.25) is 5.02 Å². The minimum atomic E-state index is -0.422. The average Bonchev–Trinajstić information content (AvgIpc) is 2.53. The van der Waals surface area contributed by atoms with Crippen molar-refractivity contribution in [3.8, 4) is 0 Å². The van der Waals surface area contributed by atoms with Gasteiger partial charge in [-0.15, -0.1) is 0 Å². The Bertz CT molecular complexity index is 553. The minimum absolute atomic E-state index is 0.0352. The van der Waals surface area contributed by atoms with Crippen LogP contribution in [-0.4, -0.2) is 35.7 Å². The zero-order chi connectivity index (χ0) is 17.0. The van der Waals surface area contributed by atoms with E-state index in [2.05, 4.69) is 5.32 Å². The summed E-state index contributed by atoms with van der Waals surface area (Å²) in [5, 5.41) is 12.5. The number of benzene rings is 1. The van der Waals surface area contributed by atoms with Crippen molar-refractivity contribution in [2.24, 2.45) is 11.8 Å². The van der Waals surface area contributed by atoms with Gasteiger partial charge < -0.3 is 15.3 Å². The Morgan fingerprint density at radius 3 is 2.87 bits per heavy atom. The van der Waals surface area contributed by atoms with Gasteiger partial charge in [0.15, 0.2) is 0 Å². The number of rotatable bonds is 4. The van der Waals surface area contributed by atoms with Crippen molar-refractivity contribution in [3.63, 3.8) is 0 Å². The number of urea groups is 1. The highest BCUT2D eigenvalue weighted by Crippen LogP contribution is 2.27. The van der Waals surface area contributed by atoms with Crippen LogP contribution in [0.4, 0.5) is 9.18 Å². The first kappa shape index (κ1) is 18.0. The van der Waals surface area contributed by atoms with Crippen LogP contribution in [0.15, 0.2) is 18.2 Å². The minimum Gasteiger partial charge on any atom is -0.396 e. The maximum Gasteiger partial charge on any atom is 0.317 e. The molecule has 1 heterocycles. The number of hydrogen-bond donors (Lipinski definition) is 2. The smallest absolute Gasteiger partial charge is 0.317 e. The van der Waals surface area contributed by atoms with Crippen LogP contribution >= 0.6 is 11.6 Å². The predicted molar refractivity (Wildman–Crippen MR) is 88.9 cm³/mol. The van der Waals surface area contributed by atoms with Gasteiger partial charge in [-0.3, -0.25) is 0 Å². The first-order chi connectivity index (χ1) is 10.9. The molecule has 2 atom stereocenters. The number of nitrogens with one attached hydrogen (secondary N) is 1. The fraction of sp³-hybridized carbons (Fsp3) is 0.588. The molecule has 1 saturated heterocycles. The van der Waals surface area contributed by atoms with Crippen molar-refractivity contribution in [3.05, 3.63) is 34.6 Å². The summed E-state index contributed by atoms with van der Waals surface area (Å²) in [7, 11) is 0. The van der Waals surface area contributed by atoms with Gasteiger partial charge in [0.1, 0.15) is 5.82 Å². The van der Waals surface area contributed by atoms with E-state index in [-0.39, 0.29) is 24.5 Å². The average molecular weight is 343 g/mol. The molecule has 1 aliphatic heterocycles. The molecule has 0 aromatic heterocycles. The molecule has 23 heavy (non-hydrogen) atoms. The summed E-state index contributed by atoms with van der Waals surface area (Å²) in [6.45, 7) is 5.16. The van der Waals surface area contributed by atoms with Crippen LogP contribution in [0.5, 0.6) is 0 Å². The van der Waals surface area contributed by atoms with E-state index in [0.29, 0.717) is 23.7 Å². The number of amides is 2. The lowest BCUT2D eigenvalue weighted by Crippen LogP contribution is -2.48. The maximum atomic E-state index is 14.2. The largest absolute Gasteiger partial charge is 0.396 e. The van der Waals surface area contributed by atoms with Gasteiger partial charge in [-0.1, -0.05) is 31.5 Å². The lowest BCUT2D eigenvalue weighted by molar-refractivity contribution is 0.126.